The fourth-order valence-electron chi connectivity index (χ4n) is 1.84. The molecule has 4 nitrogen and oxygen atoms in total. The number of methoxy groups -OCH3 is 1. The molecule has 2 rings (SSSR count). The predicted octanol–water partition coefficient (Wildman–Crippen LogP) is 1.93. The Morgan fingerprint density at radius 2 is 2.06 bits per heavy atom. The predicted molar refractivity (Wildman–Crippen MR) is 65.9 cm³/mol. The van der Waals surface area contributed by atoms with Crippen LogP contribution in [0, 0.1) is 5.82 Å². The molecule has 94 valence electrons. The van der Waals surface area contributed by atoms with E-state index in [1.54, 1.807) is 25.5 Å². The molecule has 1 aromatic heterocycles. The zero-order valence-electron chi connectivity index (χ0n) is 10.2. The van der Waals surface area contributed by atoms with Crippen LogP contribution in [0.25, 0.3) is 0 Å². The third kappa shape index (κ3) is 2.46. The lowest BCUT2D eigenvalue weighted by atomic mass is 10.0. The van der Waals surface area contributed by atoms with Crippen LogP contribution in [-0.4, -0.2) is 24.1 Å². The van der Waals surface area contributed by atoms with Crippen molar-refractivity contribution in [1.29, 1.82) is 0 Å². The Morgan fingerprint density at radius 3 is 2.72 bits per heavy atom. The Kier molecular flexibility index (Phi) is 3.84. The van der Waals surface area contributed by atoms with Crippen LogP contribution in [0.1, 0.15) is 17.3 Å². The summed E-state index contributed by atoms with van der Waals surface area (Å²) < 4.78 is 18.4. The Balaban J connectivity index is 2.45. The smallest absolute Gasteiger partial charge is 0.237 e. The van der Waals surface area contributed by atoms with Crippen LogP contribution >= 0.6 is 0 Å². The maximum atomic E-state index is 13.3. The zero-order chi connectivity index (χ0) is 13.0. The fraction of sp³-hybridized carbons (Fsp3) is 0.231. The molecule has 0 saturated carbocycles. The number of hydrogen-bond donors (Lipinski definition) is 1. The molecule has 0 aliphatic heterocycles. The van der Waals surface area contributed by atoms with Gasteiger partial charge in [0.15, 0.2) is 0 Å². The number of hydrogen-bond acceptors (Lipinski definition) is 4. The molecule has 0 fully saturated rings. The first-order valence-electron chi connectivity index (χ1n) is 5.54. The molecule has 2 aromatic rings. The average Bonchev–Trinajstić information content (AvgIpc) is 2.40. The summed E-state index contributed by atoms with van der Waals surface area (Å²) in [7, 11) is 3.31. The highest BCUT2D eigenvalue weighted by atomic mass is 19.1. The number of halogens is 1. The minimum Gasteiger partial charge on any atom is -0.480 e. The molecule has 1 unspecified atom stereocenters. The molecule has 0 saturated heterocycles. The van der Waals surface area contributed by atoms with Gasteiger partial charge < -0.3 is 10.1 Å². The number of aromatic nitrogens is 2. The van der Waals surface area contributed by atoms with Gasteiger partial charge in [-0.2, -0.15) is 0 Å². The summed E-state index contributed by atoms with van der Waals surface area (Å²) in [5, 5.41) is 3.09. The summed E-state index contributed by atoms with van der Waals surface area (Å²) in [6.45, 7) is 0. The second-order valence-electron chi connectivity index (χ2n) is 3.73. The lowest BCUT2D eigenvalue weighted by molar-refractivity contribution is 0.384. The Hall–Kier alpha value is -2.01. The molecule has 1 N–H and O–H groups in total. The van der Waals surface area contributed by atoms with Crippen LogP contribution in [0.2, 0.25) is 0 Å². The van der Waals surface area contributed by atoms with Crippen molar-refractivity contribution < 1.29 is 9.13 Å². The molecule has 0 amide bonds. The molecule has 0 aliphatic carbocycles. The van der Waals surface area contributed by atoms with E-state index in [-0.39, 0.29) is 11.9 Å². The monoisotopic (exact) mass is 247 g/mol. The van der Waals surface area contributed by atoms with Gasteiger partial charge in [-0.05, 0) is 24.7 Å². The lowest BCUT2D eigenvalue weighted by Gasteiger charge is -2.17. The number of benzene rings is 1. The van der Waals surface area contributed by atoms with Gasteiger partial charge in [0.1, 0.15) is 11.5 Å². The summed E-state index contributed by atoms with van der Waals surface area (Å²) >= 11 is 0. The maximum absolute atomic E-state index is 13.3. The molecular weight excluding hydrogens is 233 g/mol. The van der Waals surface area contributed by atoms with Crippen molar-refractivity contribution in [3.8, 4) is 5.88 Å². The Morgan fingerprint density at radius 1 is 1.28 bits per heavy atom. The number of nitrogens with one attached hydrogen (secondary N) is 1. The molecule has 1 aromatic carbocycles. The fourth-order valence-corrected chi connectivity index (χ4v) is 1.84. The van der Waals surface area contributed by atoms with Gasteiger partial charge in [-0.25, -0.2) is 9.37 Å². The first-order valence-corrected chi connectivity index (χ1v) is 5.54. The van der Waals surface area contributed by atoms with Crippen LogP contribution < -0.4 is 10.1 Å². The molecule has 0 spiro atoms. The molecule has 18 heavy (non-hydrogen) atoms. The Labute approximate surface area is 105 Å². The van der Waals surface area contributed by atoms with Gasteiger partial charge in [0.05, 0.1) is 13.2 Å². The summed E-state index contributed by atoms with van der Waals surface area (Å²) in [5.41, 5.74) is 1.41. The molecule has 0 aliphatic rings. The molecule has 0 radical (unpaired) electrons. The van der Waals surface area contributed by atoms with Crippen molar-refractivity contribution >= 4 is 0 Å². The van der Waals surface area contributed by atoms with Crippen molar-refractivity contribution in [2.75, 3.05) is 14.2 Å². The van der Waals surface area contributed by atoms with E-state index in [4.69, 9.17) is 4.74 Å². The maximum Gasteiger partial charge on any atom is 0.237 e. The summed E-state index contributed by atoms with van der Waals surface area (Å²) in [6, 6.07) is 6.11. The van der Waals surface area contributed by atoms with E-state index in [2.05, 4.69) is 15.3 Å². The van der Waals surface area contributed by atoms with Crippen LogP contribution in [-0.2, 0) is 0 Å². The molecular formula is C13H14FN3O. The van der Waals surface area contributed by atoms with Crippen LogP contribution in [0.4, 0.5) is 4.39 Å². The third-order valence-electron chi connectivity index (χ3n) is 2.63. The summed E-state index contributed by atoms with van der Waals surface area (Å²) in [4.78, 5) is 8.35. The minimum absolute atomic E-state index is 0.260. The van der Waals surface area contributed by atoms with E-state index >= 15 is 0 Å². The highest BCUT2D eigenvalue weighted by Crippen LogP contribution is 2.26. The standard InChI is InChI=1S/C13H14FN3O/c1-15-11(9-4-3-5-10(14)8-9)12-13(18-2)17-7-6-16-12/h3-8,11,15H,1-2H3. The highest BCUT2D eigenvalue weighted by molar-refractivity contribution is 5.32. The van der Waals surface area contributed by atoms with E-state index in [9.17, 15) is 4.39 Å². The van der Waals surface area contributed by atoms with Gasteiger partial charge in [0.2, 0.25) is 5.88 Å². The zero-order valence-corrected chi connectivity index (χ0v) is 10.2. The van der Waals surface area contributed by atoms with Crippen molar-refractivity contribution in [3.63, 3.8) is 0 Å². The second-order valence-corrected chi connectivity index (χ2v) is 3.73. The second kappa shape index (κ2) is 5.55. The number of ether oxygens (including phenoxy) is 1. The van der Waals surface area contributed by atoms with Gasteiger partial charge in [0.25, 0.3) is 0 Å². The normalized spacial score (nSPS) is 12.2. The van der Waals surface area contributed by atoms with Gasteiger partial charge in [-0.1, -0.05) is 12.1 Å². The van der Waals surface area contributed by atoms with Crippen molar-refractivity contribution in [2.24, 2.45) is 0 Å². The molecule has 0 bridgehead atoms. The molecule has 1 atom stereocenters. The van der Waals surface area contributed by atoms with E-state index in [0.717, 1.165) is 5.56 Å². The van der Waals surface area contributed by atoms with Crippen molar-refractivity contribution in [3.05, 3.63) is 53.7 Å². The SMILES string of the molecule is CNC(c1cccc(F)c1)c1nccnc1OC. The van der Waals surface area contributed by atoms with E-state index in [1.807, 2.05) is 6.07 Å². The first kappa shape index (κ1) is 12.4. The molecule has 5 heteroatoms. The minimum atomic E-state index is -0.282. The van der Waals surface area contributed by atoms with Gasteiger partial charge >= 0.3 is 0 Å². The van der Waals surface area contributed by atoms with E-state index in [1.165, 1.54) is 19.2 Å². The van der Waals surface area contributed by atoms with Gasteiger partial charge in [0, 0.05) is 12.4 Å². The van der Waals surface area contributed by atoms with E-state index < -0.39 is 0 Å². The van der Waals surface area contributed by atoms with Crippen LogP contribution in [0.3, 0.4) is 0 Å². The average molecular weight is 247 g/mol. The van der Waals surface area contributed by atoms with Crippen molar-refractivity contribution in [1.82, 2.24) is 15.3 Å². The Bertz CT molecular complexity index is 533. The number of nitrogens with zero attached hydrogens (tertiary/aromatic N) is 2. The van der Waals surface area contributed by atoms with Crippen LogP contribution in [0.5, 0.6) is 5.88 Å². The topological polar surface area (TPSA) is 47.0 Å². The highest BCUT2D eigenvalue weighted by Gasteiger charge is 2.19. The lowest BCUT2D eigenvalue weighted by Crippen LogP contribution is -2.20. The third-order valence-corrected chi connectivity index (χ3v) is 2.63. The summed E-state index contributed by atoms with van der Waals surface area (Å²) in [5.74, 6) is 0.150. The largest absolute Gasteiger partial charge is 0.480 e. The molecule has 1 heterocycles. The van der Waals surface area contributed by atoms with E-state index in [0.29, 0.717) is 11.6 Å². The first-order chi connectivity index (χ1) is 8.76. The van der Waals surface area contributed by atoms with Gasteiger partial charge in [-0.3, -0.25) is 4.98 Å². The quantitative estimate of drug-likeness (QED) is 0.896. The van der Waals surface area contributed by atoms with Crippen molar-refractivity contribution in [2.45, 2.75) is 6.04 Å². The summed E-state index contributed by atoms with van der Waals surface area (Å²) in [6.07, 6.45) is 3.14. The number of rotatable bonds is 4. The van der Waals surface area contributed by atoms with Crippen LogP contribution in [0.15, 0.2) is 36.7 Å². The van der Waals surface area contributed by atoms with Gasteiger partial charge in [-0.15, -0.1) is 0 Å².